The molecule has 0 aliphatic rings. The van der Waals surface area contributed by atoms with E-state index in [1.807, 2.05) is 18.2 Å². The topological polar surface area (TPSA) is 25.2 Å². The van der Waals surface area contributed by atoms with Crippen molar-refractivity contribution in [3.8, 4) is 0 Å². The van der Waals surface area contributed by atoms with Gasteiger partial charge in [0.15, 0.2) is 0 Å². The lowest BCUT2D eigenvalue weighted by Crippen LogP contribution is -1.90. The van der Waals surface area contributed by atoms with E-state index in [4.69, 9.17) is 4.42 Å². The van der Waals surface area contributed by atoms with Crippen molar-refractivity contribution in [2.75, 3.05) is 5.32 Å². The molecule has 0 spiro atoms. The van der Waals surface area contributed by atoms with Gasteiger partial charge in [0, 0.05) is 11.1 Å². The standard InChI is InChI=1S/C26H17NO/c1-2-9-20-18(7-1)19-8-3-4-10-21(19)24-15-17(13-14-22(20)24)27-25-16-28-26-12-6-5-11-23(25)26/h1-16,27H. The Morgan fingerprint density at radius 1 is 0.500 bits per heavy atom. The molecule has 0 unspecified atom stereocenters. The van der Waals surface area contributed by atoms with Gasteiger partial charge in [-0.3, -0.25) is 0 Å². The van der Waals surface area contributed by atoms with Gasteiger partial charge in [-0.25, -0.2) is 0 Å². The van der Waals surface area contributed by atoms with Gasteiger partial charge in [-0.05, 0) is 56.6 Å². The Balaban J connectivity index is 1.60. The van der Waals surface area contributed by atoms with Crippen molar-refractivity contribution in [1.29, 1.82) is 0 Å². The van der Waals surface area contributed by atoms with Crippen molar-refractivity contribution in [1.82, 2.24) is 0 Å². The minimum atomic E-state index is 0.891. The largest absolute Gasteiger partial charge is 0.462 e. The normalized spacial score (nSPS) is 11.6. The molecule has 0 radical (unpaired) electrons. The third-order valence-corrected chi connectivity index (χ3v) is 5.50. The van der Waals surface area contributed by atoms with Crippen molar-refractivity contribution < 1.29 is 4.42 Å². The summed E-state index contributed by atoms with van der Waals surface area (Å²) in [6.07, 6.45) is 1.79. The minimum Gasteiger partial charge on any atom is -0.462 e. The minimum absolute atomic E-state index is 0.891. The second-order valence-corrected chi connectivity index (χ2v) is 7.12. The Bertz CT molecular complexity index is 1460. The summed E-state index contributed by atoms with van der Waals surface area (Å²) in [7, 11) is 0. The van der Waals surface area contributed by atoms with Gasteiger partial charge in [0.1, 0.15) is 11.8 Å². The van der Waals surface area contributed by atoms with Gasteiger partial charge >= 0.3 is 0 Å². The van der Waals surface area contributed by atoms with Gasteiger partial charge in [-0.1, -0.05) is 66.7 Å². The van der Waals surface area contributed by atoms with Crippen molar-refractivity contribution in [3.05, 3.63) is 97.3 Å². The molecule has 0 bridgehead atoms. The predicted molar refractivity (Wildman–Crippen MR) is 118 cm³/mol. The van der Waals surface area contributed by atoms with Gasteiger partial charge < -0.3 is 9.73 Å². The zero-order chi connectivity index (χ0) is 18.5. The first-order chi connectivity index (χ1) is 13.9. The van der Waals surface area contributed by atoms with Crippen LogP contribution in [0.25, 0.3) is 43.3 Å². The fourth-order valence-corrected chi connectivity index (χ4v) is 4.22. The number of hydrogen-bond acceptors (Lipinski definition) is 2. The molecular formula is C26H17NO. The van der Waals surface area contributed by atoms with Crippen LogP contribution < -0.4 is 5.32 Å². The Morgan fingerprint density at radius 2 is 1.04 bits per heavy atom. The number of hydrogen-bond donors (Lipinski definition) is 1. The van der Waals surface area contributed by atoms with E-state index in [2.05, 4.69) is 78.1 Å². The van der Waals surface area contributed by atoms with Gasteiger partial charge in [0.05, 0.1) is 5.69 Å². The zero-order valence-corrected chi connectivity index (χ0v) is 15.1. The summed E-state index contributed by atoms with van der Waals surface area (Å²) in [6.45, 7) is 0. The third kappa shape index (κ3) is 2.21. The maximum absolute atomic E-state index is 5.67. The van der Waals surface area contributed by atoms with E-state index in [1.165, 1.54) is 32.3 Å². The number of para-hydroxylation sites is 1. The molecule has 0 aliphatic heterocycles. The van der Waals surface area contributed by atoms with Crippen molar-refractivity contribution >= 4 is 54.7 Å². The van der Waals surface area contributed by atoms with Crippen LogP contribution >= 0.6 is 0 Å². The van der Waals surface area contributed by atoms with Crippen LogP contribution in [0, 0.1) is 0 Å². The smallest absolute Gasteiger partial charge is 0.136 e. The lowest BCUT2D eigenvalue weighted by atomic mass is 9.94. The number of nitrogens with one attached hydrogen (secondary N) is 1. The average molecular weight is 359 g/mol. The molecule has 2 nitrogen and oxygen atoms in total. The first-order valence-corrected chi connectivity index (χ1v) is 9.45. The molecular weight excluding hydrogens is 342 g/mol. The molecule has 0 fully saturated rings. The summed E-state index contributed by atoms with van der Waals surface area (Å²) < 4.78 is 5.67. The van der Waals surface area contributed by atoms with Gasteiger partial charge in [0.2, 0.25) is 0 Å². The van der Waals surface area contributed by atoms with Crippen LogP contribution in [0.1, 0.15) is 0 Å². The number of benzene rings is 5. The first-order valence-electron chi connectivity index (χ1n) is 9.45. The van der Waals surface area contributed by atoms with Crippen molar-refractivity contribution in [3.63, 3.8) is 0 Å². The fraction of sp³-hybridized carbons (Fsp3) is 0. The molecule has 1 heterocycles. The van der Waals surface area contributed by atoms with Crippen LogP contribution in [0.3, 0.4) is 0 Å². The van der Waals surface area contributed by atoms with E-state index in [0.29, 0.717) is 0 Å². The maximum atomic E-state index is 5.67. The lowest BCUT2D eigenvalue weighted by molar-refractivity contribution is 0.617. The molecule has 0 saturated carbocycles. The highest BCUT2D eigenvalue weighted by molar-refractivity contribution is 6.25. The van der Waals surface area contributed by atoms with E-state index in [9.17, 15) is 0 Å². The number of anilines is 2. The van der Waals surface area contributed by atoms with Crippen LogP contribution in [0.5, 0.6) is 0 Å². The Kier molecular flexibility index (Phi) is 3.20. The summed E-state index contributed by atoms with van der Waals surface area (Å²) in [6, 6.07) is 32.0. The monoisotopic (exact) mass is 359 g/mol. The molecule has 1 N–H and O–H groups in total. The van der Waals surface area contributed by atoms with Crippen LogP contribution in [0.15, 0.2) is 102 Å². The van der Waals surface area contributed by atoms with E-state index in [1.54, 1.807) is 6.26 Å². The summed E-state index contributed by atoms with van der Waals surface area (Å²) in [5.41, 5.74) is 2.93. The molecule has 5 aromatic carbocycles. The van der Waals surface area contributed by atoms with E-state index in [-0.39, 0.29) is 0 Å². The van der Waals surface area contributed by atoms with Crippen molar-refractivity contribution in [2.24, 2.45) is 0 Å². The molecule has 28 heavy (non-hydrogen) atoms. The number of furan rings is 1. The Morgan fingerprint density at radius 3 is 1.71 bits per heavy atom. The highest BCUT2D eigenvalue weighted by Gasteiger charge is 2.10. The van der Waals surface area contributed by atoms with Crippen LogP contribution in [-0.2, 0) is 0 Å². The zero-order valence-electron chi connectivity index (χ0n) is 15.1. The van der Waals surface area contributed by atoms with Crippen LogP contribution in [-0.4, -0.2) is 0 Å². The highest BCUT2D eigenvalue weighted by atomic mass is 16.3. The Labute approximate surface area is 162 Å². The quantitative estimate of drug-likeness (QED) is 0.321. The predicted octanol–water partition coefficient (Wildman–Crippen LogP) is 7.64. The molecule has 0 aliphatic carbocycles. The molecule has 132 valence electrons. The van der Waals surface area contributed by atoms with Crippen LogP contribution in [0.4, 0.5) is 11.4 Å². The lowest BCUT2D eigenvalue weighted by Gasteiger charge is -2.12. The highest BCUT2D eigenvalue weighted by Crippen LogP contribution is 2.37. The SMILES string of the molecule is c1ccc2c(Nc3ccc4c5ccccc5c5ccccc5c4c3)coc2c1. The van der Waals surface area contributed by atoms with E-state index >= 15 is 0 Å². The number of fused-ring (bicyclic) bond motifs is 7. The molecule has 6 rings (SSSR count). The average Bonchev–Trinajstić information content (AvgIpc) is 3.17. The molecule has 0 saturated heterocycles. The van der Waals surface area contributed by atoms with Gasteiger partial charge in [0.25, 0.3) is 0 Å². The molecule has 1 aromatic heterocycles. The van der Waals surface area contributed by atoms with E-state index in [0.717, 1.165) is 22.3 Å². The second-order valence-electron chi connectivity index (χ2n) is 7.12. The third-order valence-electron chi connectivity index (χ3n) is 5.50. The molecule has 6 aromatic rings. The van der Waals surface area contributed by atoms with E-state index < -0.39 is 0 Å². The summed E-state index contributed by atoms with van der Waals surface area (Å²) >= 11 is 0. The molecule has 0 atom stereocenters. The summed E-state index contributed by atoms with van der Waals surface area (Å²) in [5, 5.41) is 12.3. The second kappa shape index (κ2) is 5.86. The first kappa shape index (κ1) is 15.3. The fourth-order valence-electron chi connectivity index (χ4n) is 4.22. The molecule has 0 amide bonds. The van der Waals surface area contributed by atoms with Gasteiger partial charge in [-0.2, -0.15) is 0 Å². The van der Waals surface area contributed by atoms with Crippen molar-refractivity contribution in [2.45, 2.75) is 0 Å². The maximum Gasteiger partial charge on any atom is 0.136 e. The number of rotatable bonds is 2. The van der Waals surface area contributed by atoms with Gasteiger partial charge in [-0.15, -0.1) is 0 Å². The summed E-state index contributed by atoms with van der Waals surface area (Å²) in [5.74, 6) is 0. The molecule has 2 heteroatoms. The summed E-state index contributed by atoms with van der Waals surface area (Å²) in [4.78, 5) is 0. The Hall–Kier alpha value is -3.78. The van der Waals surface area contributed by atoms with Crippen LogP contribution in [0.2, 0.25) is 0 Å².